The first kappa shape index (κ1) is 17.0. The standard InChI is InChI=1S/C13H8F5NO3S/c14-9-6-5-8(7-10(9)15)19-23(20,21)12-4-2-1-3-11(12)22-13(16,17)18/h1-7,19H. The highest BCUT2D eigenvalue weighted by atomic mass is 32.2. The van der Waals surface area contributed by atoms with Crippen LogP contribution in [-0.4, -0.2) is 14.8 Å². The number of halogens is 5. The number of rotatable bonds is 4. The number of ether oxygens (including phenoxy) is 1. The van der Waals surface area contributed by atoms with E-state index < -0.39 is 38.7 Å². The molecule has 0 aliphatic rings. The van der Waals surface area contributed by atoms with Gasteiger partial charge in [-0.25, -0.2) is 17.2 Å². The first-order chi connectivity index (χ1) is 10.6. The van der Waals surface area contributed by atoms with Crippen LogP contribution in [0.3, 0.4) is 0 Å². The molecule has 0 spiro atoms. The molecule has 0 radical (unpaired) electrons. The zero-order valence-electron chi connectivity index (χ0n) is 11.1. The maximum absolute atomic E-state index is 13.1. The fourth-order valence-electron chi connectivity index (χ4n) is 1.65. The van der Waals surface area contributed by atoms with Crippen LogP contribution in [-0.2, 0) is 10.0 Å². The van der Waals surface area contributed by atoms with Crippen LogP contribution in [0.2, 0.25) is 0 Å². The summed E-state index contributed by atoms with van der Waals surface area (Å²) in [6.07, 6.45) is -5.09. The van der Waals surface area contributed by atoms with Gasteiger partial charge in [-0.05, 0) is 24.3 Å². The van der Waals surface area contributed by atoms with Gasteiger partial charge in [-0.1, -0.05) is 12.1 Å². The second-order valence-electron chi connectivity index (χ2n) is 4.23. The number of anilines is 1. The van der Waals surface area contributed by atoms with Gasteiger partial charge in [0, 0.05) is 6.07 Å². The topological polar surface area (TPSA) is 55.4 Å². The molecule has 0 aromatic heterocycles. The van der Waals surface area contributed by atoms with Gasteiger partial charge in [-0.2, -0.15) is 0 Å². The Morgan fingerprint density at radius 2 is 1.61 bits per heavy atom. The van der Waals surface area contributed by atoms with Crippen molar-refractivity contribution < 1.29 is 35.1 Å². The first-order valence-electron chi connectivity index (χ1n) is 5.91. The molecule has 23 heavy (non-hydrogen) atoms. The lowest BCUT2D eigenvalue weighted by Gasteiger charge is -2.14. The number of para-hydroxylation sites is 1. The number of nitrogens with one attached hydrogen (secondary N) is 1. The monoisotopic (exact) mass is 353 g/mol. The predicted octanol–water partition coefficient (Wildman–Crippen LogP) is 3.66. The highest BCUT2D eigenvalue weighted by Gasteiger charge is 2.34. The van der Waals surface area contributed by atoms with E-state index in [1.54, 1.807) is 0 Å². The molecule has 124 valence electrons. The highest BCUT2D eigenvalue weighted by molar-refractivity contribution is 7.92. The Bertz CT molecular complexity index is 821. The van der Waals surface area contributed by atoms with Crippen molar-refractivity contribution in [3.63, 3.8) is 0 Å². The van der Waals surface area contributed by atoms with Crippen molar-refractivity contribution in [2.24, 2.45) is 0 Å². The summed E-state index contributed by atoms with van der Waals surface area (Å²) >= 11 is 0. The van der Waals surface area contributed by atoms with Gasteiger partial charge >= 0.3 is 6.36 Å². The maximum atomic E-state index is 13.1. The summed E-state index contributed by atoms with van der Waals surface area (Å²) in [5.41, 5.74) is -0.356. The highest BCUT2D eigenvalue weighted by Crippen LogP contribution is 2.30. The van der Waals surface area contributed by atoms with E-state index in [9.17, 15) is 30.4 Å². The summed E-state index contributed by atoms with van der Waals surface area (Å²) < 4.78 is 92.6. The Balaban J connectivity index is 2.38. The van der Waals surface area contributed by atoms with E-state index in [-0.39, 0.29) is 5.69 Å². The molecule has 0 saturated heterocycles. The van der Waals surface area contributed by atoms with Crippen molar-refractivity contribution in [2.75, 3.05) is 4.72 Å². The minimum atomic E-state index is -5.09. The van der Waals surface area contributed by atoms with Gasteiger partial charge in [0.25, 0.3) is 10.0 Å². The second kappa shape index (κ2) is 6.03. The van der Waals surface area contributed by atoms with Crippen molar-refractivity contribution >= 4 is 15.7 Å². The van der Waals surface area contributed by atoms with E-state index >= 15 is 0 Å². The summed E-state index contributed by atoms with van der Waals surface area (Å²) in [5, 5.41) is 0. The van der Waals surface area contributed by atoms with Gasteiger partial charge in [0.15, 0.2) is 11.6 Å². The van der Waals surface area contributed by atoms with Gasteiger partial charge in [0.1, 0.15) is 10.6 Å². The molecule has 0 fully saturated rings. The Morgan fingerprint density at radius 1 is 0.957 bits per heavy atom. The summed E-state index contributed by atoms with van der Waals surface area (Å²) in [6, 6.07) is 6.17. The largest absolute Gasteiger partial charge is 0.573 e. The number of alkyl halides is 3. The molecule has 2 aromatic carbocycles. The number of benzene rings is 2. The molecule has 0 saturated carbocycles. The molecular formula is C13H8F5NO3S. The van der Waals surface area contributed by atoms with Crippen LogP contribution < -0.4 is 9.46 Å². The molecule has 0 aliphatic heterocycles. The third kappa shape index (κ3) is 4.31. The molecule has 1 N–H and O–H groups in total. The summed E-state index contributed by atoms with van der Waals surface area (Å²) in [5.74, 6) is -3.46. The molecular weight excluding hydrogens is 345 g/mol. The van der Waals surface area contributed by atoms with E-state index in [2.05, 4.69) is 4.74 Å². The van der Waals surface area contributed by atoms with Crippen LogP contribution in [0.4, 0.5) is 27.6 Å². The first-order valence-corrected chi connectivity index (χ1v) is 7.39. The number of hydrogen-bond donors (Lipinski definition) is 1. The molecule has 0 amide bonds. The van der Waals surface area contributed by atoms with Crippen molar-refractivity contribution in [3.05, 3.63) is 54.1 Å². The van der Waals surface area contributed by atoms with Crippen LogP contribution >= 0.6 is 0 Å². The Hall–Kier alpha value is -2.36. The Morgan fingerprint density at radius 3 is 2.22 bits per heavy atom. The maximum Gasteiger partial charge on any atom is 0.573 e. The Labute approximate surface area is 127 Å². The lowest BCUT2D eigenvalue weighted by molar-refractivity contribution is -0.275. The average Bonchev–Trinajstić information content (AvgIpc) is 2.41. The van der Waals surface area contributed by atoms with Gasteiger partial charge in [0.2, 0.25) is 0 Å². The lowest BCUT2D eigenvalue weighted by Crippen LogP contribution is -2.20. The van der Waals surface area contributed by atoms with Gasteiger partial charge in [0.05, 0.1) is 5.69 Å². The summed E-state index contributed by atoms with van der Waals surface area (Å²) in [6.45, 7) is 0. The molecule has 10 heteroatoms. The van der Waals surface area contributed by atoms with Crippen molar-refractivity contribution in [1.29, 1.82) is 0 Å². The molecule has 0 atom stereocenters. The zero-order valence-corrected chi connectivity index (χ0v) is 11.9. The molecule has 0 unspecified atom stereocenters. The SMILES string of the molecule is O=S(=O)(Nc1ccc(F)c(F)c1)c1ccccc1OC(F)(F)F. The van der Waals surface area contributed by atoms with Gasteiger partial charge in [-0.3, -0.25) is 4.72 Å². The van der Waals surface area contributed by atoms with Crippen molar-refractivity contribution in [2.45, 2.75) is 11.3 Å². The van der Waals surface area contributed by atoms with E-state index in [1.165, 1.54) is 6.07 Å². The van der Waals surface area contributed by atoms with Crippen molar-refractivity contribution in [3.8, 4) is 5.75 Å². The van der Waals surface area contributed by atoms with E-state index in [0.29, 0.717) is 12.1 Å². The zero-order chi connectivity index (χ0) is 17.3. The molecule has 0 bridgehead atoms. The average molecular weight is 353 g/mol. The van der Waals surface area contributed by atoms with Crippen molar-refractivity contribution in [1.82, 2.24) is 0 Å². The van der Waals surface area contributed by atoms with Crippen LogP contribution in [0, 0.1) is 11.6 Å². The Kier molecular flexibility index (Phi) is 4.46. The van der Waals surface area contributed by atoms with Crippen LogP contribution in [0.25, 0.3) is 0 Å². The minimum Gasteiger partial charge on any atom is -0.404 e. The molecule has 0 aliphatic carbocycles. The predicted molar refractivity (Wildman–Crippen MR) is 70.3 cm³/mol. The number of hydrogen-bond acceptors (Lipinski definition) is 3. The van der Waals surface area contributed by atoms with E-state index in [4.69, 9.17) is 0 Å². The van der Waals surface area contributed by atoms with Gasteiger partial charge in [-0.15, -0.1) is 13.2 Å². The normalized spacial score (nSPS) is 12.0. The smallest absolute Gasteiger partial charge is 0.404 e. The summed E-state index contributed by atoms with van der Waals surface area (Å²) in [4.78, 5) is -0.804. The van der Waals surface area contributed by atoms with Gasteiger partial charge < -0.3 is 4.74 Å². The van der Waals surface area contributed by atoms with Crippen LogP contribution in [0.5, 0.6) is 5.75 Å². The number of sulfonamides is 1. The fraction of sp³-hybridized carbons (Fsp3) is 0.0769. The third-order valence-corrected chi connectivity index (χ3v) is 3.96. The van der Waals surface area contributed by atoms with Crippen LogP contribution in [0.15, 0.2) is 47.4 Å². The van der Waals surface area contributed by atoms with E-state index in [1.807, 2.05) is 4.72 Å². The second-order valence-corrected chi connectivity index (χ2v) is 5.88. The third-order valence-electron chi connectivity index (χ3n) is 2.54. The summed E-state index contributed by atoms with van der Waals surface area (Å²) in [7, 11) is -4.51. The fourth-order valence-corrected chi connectivity index (χ4v) is 2.83. The van der Waals surface area contributed by atoms with E-state index in [0.717, 1.165) is 24.3 Å². The quantitative estimate of drug-likeness (QED) is 0.854. The lowest BCUT2D eigenvalue weighted by atomic mass is 10.3. The molecule has 2 rings (SSSR count). The minimum absolute atomic E-state index is 0.356. The molecule has 0 heterocycles. The van der Waals surface area contributed by atoms with Crippen LogP contribution in [0.1, 0.15) is 0 Å². The molecule has 2 aromatic rings. The molecule has 4 nitrogen and oxygen atoms in total.